The highest BCUT2D eigenvalue weighted by Gasteiger charge is 2.08. The minimum Gasteiger partial charge on any atom is -0.305 e. The van der Waals surface area contributed by atoms with Gasteiger partial charge in [0.25, 0.3) is 0 Å². The minimum absolute atomic E-state index is 0.0481. The molecule has 1 aromatic heterocycles. The van der Waals surface area contributed by atoms with Crippen LogP contribution in [0.25, 0.3) is 11.0 Å². The molecule has 0 saturated heterocycles. The number of nitrogens with zero attached hydrogens (tertiary/aromatic N) is 1. The van der Waals surface area contributed by atoms with E-state index in [4.69, 9.17) is 0 Å². The molecule has 1 N–H and O–H groups in total. The molecule has 0 aliphatic rings. The van der Waals surface area contributed by atoms with Gasteiger partial charge in [-0.1, -0.05) is 15.9 Å². The molecule has 0 spiro atoms. The molecule has 74 valence electrons. The number of fused-ring (bicyclic) bond motifs is 1. The predicted molar refractivity (Wildman–Crippen MR) is 60.6 cm³/mol. The number of halogens is 1. The van der Waals surface area contributed by atoms with Crippen molar-refractivity contribution in [2.45, 2.75) is 19.9 Å². The maximum absolute atomic E-state index is 11.6. The standard InChI is InChI=1S/C10H11BrN2O/c1-6(2)13-9-4-3-7(11)5-8(9)12-10(13)14/h3-6H,1-2H3,(H,12,14). The van der Waals surface area contributed by atoms with Gasteiger partial charge in [0, 0.05) is 10.5 Å². The van der Waals surface area contributed by atoms with Crippen LogP contribution in [-0.2, 0) is 0 Å². The molecule has 14 heavy (non-hydrogen) atoms. The van der Waals surface area contributed by atoms with Crippen molar-refractivity contribution in [3.05, 3.63) is 33.2 Å². The first-order valence-electron chi connectivity index (χ1n) is 4.49. The Labute approximate surface area is 89.9 Å². The molecule has 0 atom stereocenters. The molecule has 0 amide bonds. The van der Waals surface area contributed by atoms with E-state index in [1.54, 1.807) is 4.57 Å². The third kappa shape index (κ3) is 1.39. The van der Waals surface area contributed by atoms with Crippen molar-refractivity contribution in [1.29, 1.82) is 0 Å². The number of H-pyrrole nitrogens is 1. The monoisotopic (exact) mass is 254 g/mol. The van der Waals surface area contributed by atoms with Crippen molar-refractivity contribution in [3.63, 3.8) is 0 Å². The van der Waals surface area contributed by atoms with Crippen molar-refractivity contribution in [1.82, 2.24) is 9.55 Å². The number of nitrogens with one attached hydrogen (secondary N) is 1. The van der Waals surface area contributed by atoms with E-state index in [9.17, 15) is 4.79 Å². The first-order valence-corrected chi connectivity index (χ1v) is 5.28. The number of aromatic amines is 1. The highest BCUT2D eigenvalue weighted by molar-refractivity contribution is 9.10. The van der Waals surface area contributed by atoms with E-state index < -0.39 is 0 Å². The summed E-state index contributed by atoms with van der Waals surface area (Å²) in [5, 5.41) is 0. The number of aromatic nitrogens is 2. The topological polar surface area (TPSA) is 37.8 Å². The van der Waals surface area contributed by atoms with E-state index >= 15 is 0 Å². The van der Waals surface area contributed by atoms with Gasteiger partial charge in [0.1, 0.15) is 0 Å². The zero-order chi connectivity index (χ0) is 10.3. The van der Waals surface area contributed by atoms with Crippen LogP contribution in [0.15, 0.2) is 27.5 Å². The lowest BCUT2D eigenvalue weighted by Crippen LogP contribution is -2.18. The second-order valence-electron chi connectivity index (χ2n) is 3.56. The Hall–Kier alpha value is -1.03. The highest BCUT2D eigenvalue weighted by atomic mass is 79.9. The average Bonchev–Trinajstić information content (AvgIpc) is 2.39. The van der Waals surface area contributed by atoms with Crippen LogP contribution in [0.5, 0.6) is 0 Å². The summed E-state index contributed by atoms with van der Waals surface area (Å²) in [5.74, 6) is 0. The van der Waals surface area contributed by atoms with Crippen LogP contribution in [0.4, 0.5) is 0 Å². The predicted octanol–water partition coefficient (Wildman–Crippen LogP) is 2.67. The molecule has 3 nitrogen and oxygen atoms in total. The third-order valence-corrected chi connectivity index (χ3v) is 2.69. The van der Waals surface area contributed by atoms with Crippen molar-refractivity contribution in [3.8, 4) is 0 Å². The van der Waals surface area contributed by atoms with Gasteiger partial charge in [-0.15, -0.1) is 0 Å². The molecule has 2 rings (SSSR count). The number of hydrogen-bond donors (Lipinski definition) is 1. The fourth-order valence-electron chi connectivity index (χ4n) is 1.62. The molecule has 0 unspecified atom stereocenters. The quantitative estimate of drug-likeness (QED) is 0.835. The zero-order valence-corrected chi connectivity index (χ0v) is 9.63. The van der Waals surface area contributed by atoms with Gasteiger partial charge in [-0.05, 0) is 32.0 Å². The van der Waals surface area contributed by atoms with E-state index in [1.165, 1.54) is 0 Å². The first-order chi connectivity index (χ1) is 6.59. The van der Waals surface area contributed by atoms with E-state index in [2.05, 4.69) is 20.9 Å². The van der Waals surface area contributed by atoms with Crippen LogP contribution in [-0.4, -0.2) is 9.55 Å². The molecule has 0 bridgehead atoms. The maximum Gasteiger partial charge on any atom is 0.326 e. The molecule has 4 heteroatoms. The Balaban J connectivity index is 2.84. The van der Waals surface area contributed by atoms with Crippen molar-refractivity contribution >= 4 is 27.0 Å². The Morgan fingerprint density at radius 3 is 2.79 bits per heavy atom. The van der Waals surface area contributed by atoms with Gasteiger partial charge >= 0.3 is 5.69 Å². The molecule has 1 aromatic carbocycles. The summed E-state index contributed by atoms with van der Waals surface area (Å²) >= 11 is 3.37. The summed E-state index contributed by atoms with van der Waals surface area (Å²) in [5.41, 5.74) is 1.78. The molecular weight excluding hydrogens is 244 g/mol. The van der Waals surface area contributed by atoms with Crippen LogP contribution in [0.1, 0.15) is 19.9 Å². The summed E-state index contributed by atoms with van der Waals surface area (Å²) in [6.45, 7) is 3.99. The van der Waals surface area contributed by atoms with E-state index in [0.29, 0.717) is 0 Å². The zero-order valence-electron chi connectivity index (χ0n) is 8.04. The summed E-state index contributed by atoms with van der Waals surface area (Å²) in [4.78, 5) is 14.4. The van der Waals surface area contributed by atoms with Crippen LogP contribution < -0.4 is 5.69 Å². The van der Waals surface area contributed by atoms with E-state index in [-0.39, 0.29) is 11.7 Å². The fraction of sp³-hybridized carbons (Fsp3) is 0.300. The fourth-order valence-corrected chi connectivity index (χ4v) is 1.98. The number of rotatable bonds is 1. The van der Waals surface area contributed by atoms with Gasteiger partial charge in [-0.3, -0.25) is 4.57 Å². The van der Waals surface area contributed by atoms with Crippen molar-refractivity contribution in [2.75, 3.05) is 0 Å². The van der Waals surface area contributed by atoms with Gasteiger partial charge < -0.3 is 4.98 Å². The minimum atomic E-state index is -0.0481. The molecule has 0 radical (unpaired) electrons. The van der Waals surface area contributed by atoms with Crippen LogP contribution in [0, 0.1) is 0 Å². The Bertz CT molecular complexity index is 524. The molecule has 0 aliphatic carbocycles. The average molecular weight is 255 g/mol. The normalized spacial score (nSPS) is 11.4. The first kappa shape index (κ1) is 9.52. The molecule has 2 aromatic rings. The summed E-state index contributed by atoms with van der Waals surface area (Å²) < 4.78 is 2.73. The molecular formula is C10H11BrN2O. The Morgan fingerprint density at radius 2 is 2.14 bits per heavy atom. The number of benzene rings is 1. The summed E-state index contributed by atoms with van der Waals surface area (Å²) in [6, 6.07) is 5.97. The number of hydrogen-bond acceptors (Lipinski definition) is 1. The van der Waals surface area contributed by atoms with Gasteiger partial charge in [0.05, 0.1) is 11.0 Å². The lowest BCUT2D eigenvalue weighted by molar-refractivity contribution is 0.598. The van der Waals surface area contributed by atoms with Gasteiger partial charge in [-0.25, -0.2) is 4.79 Å². The molecule has 0 saturated carbocycles. The maximum atomic E-state index is 11.6. The second-order valence-corrected chi connectivity index (χ2v) is 4.47. The number of imidazole rings is 1. The van der Waals surface area contributed by atoms with Gasteiger partial charge in [0.2, 0.25) is 0 Å². The Kier molecular flexibility index (Phi) is 2.23. The summed E-state index contributed by atoms with van der Waals surface area (Å²) in [6.07, 6.45) is 0. The molecule has 1 heterocycles. The van der Waals surface area contributed by atoms with Gasteiger partial charge in [0.15, 0.2) is 0 Å². The highest BCUT2D eigenvalue weighted by Crippen LogP contribution is 2.19. The Morgan fingerprint density at radius 1 is 1.43 bits per heavy atom. The lowest BCUT2D eigenvalue weighted by atomic mass is 10.3. The lowest BCUT2D eigenvalue weighted by Gasteiger charge is -2.06. The SMILES string of the molecule is CC(C)n1c(=O)[nH]c2cc(Br)ccc21. The van der Waals surface area contributed by atoms with Crippen molar-refractivity contribution in [2.24, 2.45) is 0 Å². The van der Waals surface area contributed by atoms with Crippen molar-refractivity contribution < 1.29 is 0 Å². The van der Waals surface area contributed by atoms with Crippen LogP contribution in [0.3, 0.4) is 0 Å². The third-order valence-electron chi connectivity index (χ3n) is 2.19. The molecule has 0 aliphatic heterocycles. The van der Waals surface area contributed by atoms with Crippen LogP contribution in [0.2, 0.25) is 0 Å². The second kappa shape index (κ2) is 3.28. The van der Waals surface area contributed by atoms with E-state index in [1.807, 2.05) is 32.0 Å². The summed E-state index contributed by atoms with van der Waals surface area (Å²) in [7, 11) is 0. The largest absolute Gasteiger partial charge is 0.326 e. The van der Waals surface area contributed by atoms with Gasteiger partial charge in [-0.2, -0.15) is 0 Å². The van der Waals surface area contributed by atoms with E-state index in [0.717, 1.165) is 15.5 Å². The van der Waals surface area contributed by atoms with Crippen LogP contribution >= 0.6 is 15.9 Å². The molecule has 0 fully saturated rings. The smallest absolute Gasteiger partial charge is 0.305 e.